The van der Waals surface area contributed by atoms with E-state index in [9.17, 15) is 4.79 Å². The van der Waals surface area contributed by atoms with Gasteiger partial charge >= 0.3 is 5.97 Å². The van der Waals surface area contributed by atoms with Crippen molar-refractivity contribution >= 4 is 22.8 Å². The summed E-state index contributed by atoms with van der Waals surface area (Å²) >= 11 is 0. The summed E-state index contributed by atoms with van der Waals surface area (Å²) in [5.74, 6) is 0.266. The average molecular weight is 249 g/mol. The van der Waals surface area contributed by atoms with Crippen LogP contribution >= 0.6 is 0 Å². The summed E-state index contributed by atoms with van der Waals surface area (Å²) in [6.45, 7) is 3.86. The maximum atomic E-state index is 11.5. The molecule has 0 spiro atoms. The van der Waals surface area contributed by atoms with Gasteiger partial charge in [-0.3, -0.25) is 4.68 Å². The summed E-state index contributed by atoms with van der Waals surface area (Å²) in [7, 11) is 1.80. The van der Waals surface area contributed by atoms with Crippen LogP contribution in [0.25, 0.3) is 11.0 Å². The quantitative estimate of drug-likeness (QED) is 0.804. The van der Waals surface area contributed by atoms with Crippen molar-refractivity contribution in [3.63, 3.8) is 0 Å². The number of carbonyl (C=O) groups excluding carboxylic acids is 1. The molecule has 7 nitrogen and oxygen atoms in total. The molecule has 0 aromatic carbocycles. The number of rotatable bonds is 4. The number of aromatic nitrogens is 4. The third-order valence-electron chi connectivity index (χ3n) is 2.52. The van der Waals surface area contributed by atoms with Gasteiger partial charge in [0.15, 0.2) is 5.65 Å². The Morgan fingerprint density at radius 2 is 2.33 bits per heavy atom. The van der Waals surface area contributed by atoms with E-state index in [1.54, 1.807) is 31.8 Å². The van der Waals surface area contributed by atoms with E-state index < -0.39 is 6.04 Å². The molecule has 0 bridgehead atoms. The number of carbonyl (C=O) groups is 1. The molecule has 1 N–H and O–H groups in total. The van der Waals surface area contributed by atoms with Crippen LogP contribution in [0.2, 0.25) is 0 Å². The first-order chi connectivity index (χ1) is 8.63. The Hall–Kier alpha value is -2.18. The van der Waals surface area contributed by atoms with Crippen LogP contribution in [-0.4, -0.2) is 38.4 Å². The van der Waals surface area contributed by atoms with Crippen molar-refractivity contribution in [1.82, 2.24) is 19.7 Å². The lowest BCUT2D eigenvalue weighted by atomic mass is 10.3. The highest BCUT2D eigenvalue weighted by atomic mass is 16.5. The molecular weight excluding hydrogens is 234 g/mol. The summed E-state index contributed by atoms with van der Waals surface area (Å²) in [5, 5.41) is 7.88. The van der Waals surface area contributed by atoms with Crippen molar-refractivity contribution in [3.8, 4) is 0 Å². The van der Waals surface area contributed by atoms with Gasteiger partial charge in [-0.15, -0.1) is 0 Å². The van der Waals surface area contributed by atoms with Crippen molar-refractivity contribution in [2.75, 3.05) is 11.9 Å². The molecule has 1 unspecified atom stereocenters. The number of hydrogen-bond donors (Lipinski definition) is 1. The highest BCUT2D eigenvalue weighted by Gasteiger charge is 2.16. The zero-order valence-corrected chi connectivity index (χ0v) is 10.5. The van der Waals surface area contributed by atoms with Gasteiger partial charge in [-0.2, -0.15) is 5.10 Å². The van der Waals surface area contributed by atoms with E-state index in [-0.39, 0.29) is 5.97 Å². The molecule has 0 radical (unpaired) electrons. The second-order valence-corrected chi connectivity index (χ2v) is 3.85. The molecule has 96 valence electrons. The summed E-state index contributed by atoms with van der Waals surface area (Å²) in [6.07, 6.45) is 3.10. The number of fused-ring (bicyclic) bond motifs is 1. The largest absolute Gasteiger partial charge is 0.464 e. The van der Waals surface area contributed by atoms with Crippen LogP contribution in [0.1, 0.15) is 13.8 Å². The predicted molar refractivity (Wildman–Crippen MR) is 66.0 cm³/mol. The molecule has 0 aliphatic rings. The Labute approximate surface area is 104 Å². The summed E-state index contributed by atoms with van der Waals surface area (Å²) in [4.78, 5) is 19.8. The molecule has 2 aromatic rings. The molecule has 0 aliphatic heterocycles. The maximum Gasteiger partial charge on any atom is 0.328 e. The highest BCUT2D eigenvalue weighted by Crippen LogP contribution is 2.18. The number of aryl methyl sites for hydroxylation is 1. The van der Waals surface area contributed by atoms with Gasteiger partial charge in [0, 0.05) is 7.05 Å². The van der Waals surface area contributed by atoms with Crippen molar-refractivity contribution in [2.24, 2.45) is 7.05 Å². The molecular formula is C11H15N5O2. The summed E-state index contributed by atoms with van der Waals surface area (Å²) < 4.78 is 6.58. The van der Waals surface area contributed by atoms with E-state index in [1.807, 2.05) is 0 Å². The second kappa shape index (κ2) is 4.99. The standard InChI is InChI=1S/C11H15N5O2/c1-4-18-11(17)7(2)15-9-8-5-14-16(3)10(8)13-6-12-9/h5-7H,4H2,1-3H3,(H,12,13,15). The number of anilines is 1. The van der Waals surface area contributed by atoms with Crippen LogP contribution in [0, 0.1) is 0 Å². The lowest BCUT2D eigenvalue weighted by Gasteiger charge is -2.13. The first kappa shape index (κ1) is 12.3. The van der Waals surface area contributed by atoms with Crippen molar-refractivity contribution in [1.29, 1.82) is 0 Å². The van der Waals surface area contributed by atoms with Crippen LogP contribution in [0.5, 0.6) is 0 Å². The van der Waals surface area contributed by atoms with Crippen LogP contribution < -0.4 is 5.32 Å². The van der Waals surface area contributed by atoms with Gasteiger partial charge in [-0.25, -0.2) is 14.8 Å². The number of nitrogens with one attached hydrogen (secondary N) is 1. The summed E-state index contributed by atoms with van der Waals surface area (Å²) in [5.41, 5.74) is 0.712. The minimum absolute atomic E-state index is 0.312. The van der Waals surface area contributed by atoms with Crippen molar-refractivity contribution in [3.05, 3.63) is 12.5 Å². The molecule has 18 heavy (non-hydrogen) atoms. The van der Waals surface area contributed by atoms with E-state index in [2.05, 4.69) is 20.4 Å². The molecule has 0 saturated heterocycles. The van der Waals surface area contributed by atoms with Gasteiger partial charge in [-0.05, 0) is 13.8 Å². The minimum Gasteiger partial charge on any atom is -0.464 e. The van der Waals surface area contributed by atoms with Crippen LogP contribution in [0.4, 0.5) is 5.82 Å². The Bertz CT molecular complexity index is 566. The van der Waals surface area contributed by atoms with Crippen LogP contribution in [0.3, 0.4) is 0 Å². The number of esters is 1. The van der Waals surface area contributed by atoms with Crippen molar-refractivity contribution in [2.45, 2.75) is 19.9 Å². The SMILES string of the molecule is CCOC(=O)C(C)Nc1ncnc2c1cnn2C. The lowest BCUT2D eigenvalue weighted by Crippen LogP contribution is -2.28. The molecule has 2 rings (SSSR count). The first-order valence-corrected chi connectivity index (χ1v) is 5.69. The molecule has 0 saturated carbocycles. The molecule has 1 atom stereocenters. The van der Waals surface area contributed by atoms with E-state index in [0.717, 1.165) is 5.39 Å². The maximum absolute atomic E-state index is 11.5. The Balaban J connectivity index is 2.24. The van der Waals surface area contributed by atoms with Crippen molar-refractivity contribution < 1.29 is 9.53 Å². The third-order valence-corrected chi connectivity index (χ3v) is 2.52. The van der Waals surface area contributed by atoms with E-state index in [1.165, 1.54) is 6.33 Å². The predicted octanol–water partition coefficient (Wildman–Crippen LogP) is 0.727. The lowest BCUT2D eigenvalue weighted by molar-refractivity contribution is -0.143. The normalized spacial score (nSPS) is 12.4. The molecule has 7 heteroatoms. The van der Waals surface area contributed by atoms with Gasteiger partial charge in [-0.1, -0.05) is 0 Å². The third kappa shape index (κ3) is 2.24. The topological polar surface area (TPSA) is 81.9 Å². The van der Waals surface area contributed by atoms with E-state index >= 15 is 0 Å². The van der Waals surface area contributed by atoms with Crippen LogP contribution in [0.15, 0.2) is 12.5 Å². The minimum atomic E-state index is -0.469. The Kier molecular flexibility index (Phi) is 3.40. The number of hydrogen-bond acceptors (Lipinski definition) is 6. The molecule has 0 amide bonds. The zero-order valence-electron chi connectivity index (χ0n) is 10.5. The van der Waals surface area contributed by atoms with Gasteiger partial charge < -0.3 is 10.1 Å². The monoisotopic (exact) mass is 249 g/mol. The van der Waals surface area contributed by atoms with Gasteiger partial charge in [0.1, 0.15) is 18.2 Å². The highest BCUT2D eigenvalue weighted by molar-refractivity contribution is 5.88. The smallest absolute Gasteiger partial charge is 0.328 e. The number of nitrogens with zero attached hydrogens (tertiary/aromatic N) is 4. The van der Waals surface area contributed by atoms with E-state index in [4.69, 9.17) is 4.74 Å². The molecule has 2 heterocycles. The number of ether oxygens (including phenoxy) is 1. The van der Waals surface area contributed by atoms with Gasteiger partial charge in [0.05, 0.1) is 18.2 Å². The molecule has 0 fully saturated rings. The van der Waals surface area contributed by atoms with Gasteiger partial charge in [0.2, 0.25) is 0 Å². The zero-order chi connectivity index (χ0) is 13.1. The molecule has 2 aromatic heterocycles. The Morgan fingerprint density at radius 1 is 1.56 bits per heavy atom. The van der Waals surface area contributed by atoms with Crippen LogP contribution in [-0.2, 0) is 16.6 Å². The fourth-order valence-electron chi connectivity index (χ4n) is 1.61. The average Bonchev–Trinajstić information content (AvgIpc) is 2.73. The van der Waals surface area contributed by atoms with E-state index in [0.29, 0.717) is 18.1 Å². The fraction of sp³-hybridized carbons (Fsp3) is 0.455. The summed E-state index contributed by atoms with van der Waals surface area (Å²) in [6, 6.07) is -0.469. The fourth-order valence-corrected chi connectivity index (χ4v) is 1.61. The first-order valence-electron chi connectivity index (χ1n) is 5.69. The van der Waals surface area contributed by atoms with Gasteiger partial charge in [0.25, 0.3) is 0 Å². The molecule has 0 aliphatic carbocycles. The second-order valence-electron chi connectivity index (χ2n) is 3.85. The Morgan fingerprint density at radius 3 is 3.06 bits per heavy atom.